The molecule has 0 bridgehead atoms. The minimum Gasteiger partial charge on any atom is -0.462 e. The maximum atomic E-state index is 12.6. The molecule has 1 N–H and O–H groups in total. The highest BCUT2D eigenvalue weighted by Gasteiger charge is 2.26. The lowest BCUT2D eigenvalue weighted by atomic mass is 10.0. The lowest BCUT2D eigenvalue weighted by Gasteiger charge is -2.08. The molecule has 3 rings (SSSR count). The molecule has 2 aromatic heterocycles. The van der Waals surface area contributed by atoms with E-state index in [2.05, 4.69) is 15.5 Å². The maximum absolute atomic E-state index is 12.6. The Labute approximate surface area is 175 Å². The summed E-state index contributed by atoms with van der Waals surface area (Å²) in [4.78, 5) is 25.0. The van der Waals surface area contributed by atoms with Crippen molar-refractivity contribution in [2.75, 3.05) is 17.7 Å². The molecule has 1 amide bonds. The molecule has 0 fully saturated rings. The first-order chi connectivity index (χ1) is 13.5. The van der Waals surface area contributed by atoms with E-state index in [0.717, 1.165) is 16.9 Å². The first-order valence-electron chi connectivity index (χ1n) is 8.32. The molecule has 0 radical (unpaired) electrons. The number of aryl methyl sites for hydroxylation is 1. The summed E-state index contributed by atoms with van der Waals surface area (Å²) in [6, 6.07) is 9.29. The number of esters is 1. The quantitative estimate of drug-likeness (QED) is 0.443. The first-order valence-corrected chi connectivity index (χ1v) is 10.5. The minimum atomic E-state index is -0.527. The van der Waals surface area contributed by atoms with Crippen LogP contribution in [0.25, 0.3) is 11.1 Å². The number of benzene rings is 1. The Hall–Kier alpha value is -2.36. The van der Waals surface area contributed by atoms with Gasteiger partial charge in [0.15, 0.2) is 5.16 Å². The third-order valence-electron chi connectivity index (χ3n) is 3.66. The van der Waals surface area contributed by atoms with Gasteiger partial charge < -0.3 is 14.6 Å². The van der Waals surface area contributed by atoms with Gasteiger partial charge >= 0.3 is 5.97 Å². The molecule has 0 unspecified atom stereocenters. The summed E-state index contributed by atoms with van der Waals surface area (Å²) in [6.45, 7) is 1.94. The summed E-state index contributed by atoms with van der Waals surface area (Å²) < 4.78 is 7.32. The second kappa shape index (κ2) is 9.22. The molecule has 2 heterocycles. The van der Waals surface area contributed by atoms with Gasteiger partial charge in [0, 0.05) is 12.6 Å². The molecule has 0 saturated heterocycles. The van der Waals surface area contributed by atoms with Crippen molar-refractivity contribution >= 4 is 51.6 Å². The van der Waals surface area contributed by atoms with Crippen molar-refractivity contribution in [2.45, 2.75) is 12.1 Å². The Morgan fingerprint density at radius 2 is 2.07 bits per heavy atom. The first kappa shape index (κ1) is 20.4. The van der Waals surface area contributed by atoms with Crippen LogP contribution in [0.15, 0.2) is 41.8 Å². The van der Waals surface area contributed by atoms with E-state index in [1.807, 2.05) is 30.3 Å². The molecular weight excluding hydrogens is 420 g/mol. The number of anilines is 1. The van der Waals surface area contributed by atoms with Gasteiger partial charge in [0.05, 0.1) is 12.4 Å². The number of rotatable bonds is 7. The molecular formula is C18H17ClN4O3S2. The molecule has 0 aliphatic heterocycles. The molecule has 146 valence electrons. The Morgan fingerprint density at radius 1 is 1.32 bits per heavy atom. The van der Waals surface area contributed by atoms with E-state index in [0.29, 0.717) is 20.1 Å². The maximum Gasteiger partial charge on any atom is 0.341 e. The molecule has 7 nitrogen and oxygen atoms in total. The van der Waals surface area contributed by atoms with E-state index in [1.165, 1.54) is 11.8 Å². The van der Waals surface area contributed by atoms with Gasteiger partial charge in [-0.15, -0.1) is 21.5 Å². The van der Waals surface area contributed by atoms with E-state index >= 15 is 0 Å². The van der Waals surface area contributed by atoms with Crippen LogP contribution in [0.5, 0.6) is 0 Å². The SMILES string of the molecule is CCOC(=O)c1c(NC(=O)CSc2nncn2C)sc(Cl)c1-c1ccccc1. The fourth-order valence-electron chi connectivity index (χ4n) is 2.45. The number of nitrogens with one attached hydrogen (secondary N) is 1. The van der Waals surface area contributed by atoms with Gasteiger partial charge in [0.25, 0.3) is 0 Å². The summed E-state index contributed by atoms with van der Waals surface area (Å²) in [7, 11) is 1.80. The van der Waals surface area contributed by atoms with Crippen molar-refractivity contribution in [1.82, 2.24) is 14.8 Å². The van der Waals surface area contributed by atoms with Crippen molar-refractivity contribution in [3.8, 4) is 11.1 Å². The predicted octanol–water partition coefficient (Wildman–Crippen LogP) is 4.10. The monoisotopic (exact) mass is 436 g/mol. The predicted molar refractivity (Wildman–Crippen MR) is 111 cm³/mol. The van der Waals surface area contributed by atoms with Crippen LogP contribution in [0.2, 0.25) is 4.34 Å². The molecule has 28 heavy (non-hydrogen) atoms. The van der Waals surface area contributed by atoms with Crippen molar-refractivity contribution in [2.24, 2.45) is 7.05 Å². The van der Waals surface area contributed by atoms with Crippen LogP contribution in [0.4, 0.5) is 5.00 Å². The highest BCUT2D eigenvalue weighted by Crippen LogP contribution is 2.44. The molecule has 0 aliphatic rings. The number of carbonyl (C=O) groups is 2. The summed E-state index contributed by atoms with van der Waals surface area (Å²) in [5.74, 6) is -0.692. The van der Waals surface area contributed by atoms with E-state index in [1.54, 1.807) is 24.9 Å². The number of ether oxygens (including phenoxy) is 1. The second-order valence-corrected chi connectivity index (χ2v) is 8.17. The van der Waals surface area contributed by atoms with E-state index < -0.39 is 5.97 Å². The van der Waals surface area contributed by atoms with Gasteiger partial charge in [-0.1, -0.05) is 53.7 Å². The number of thiophene rings is 1. The fourth-order valence-corrected chi connectivity index (χ4v) is 4.52. The number of hydrogen-bond acceptors (Lipinski definition) is 7. The van der Waals surface area contributed by atoms with Crippen molar-refractivity contribution in [3.63, 3.8) is 0 Å². The largest absolute Gasteiger partial charge is 0.462 e. The molecule has 1 aromatic carbocycles. The third-order valence-corrected chi connectivity index (χ3v) is 6.01. The number of halogens is 1. The molecule has 3 aromatic rings. The standard InChI is InChI=1S/C18H17ClN4O3S2/c1-3-26-17(25)14-13(11-7-5-4-6-8-11)15(19)28-16(14)21-12(24)9-27-18-22-20-10-23(18)2/h4-8,10H,3,9H2,1-2H3,(H,21,24). The van der Waals surface area contributed by atoms with Crippen molar-refractivity contribution < 1.29 is 14.3 Å². The normalized spacial score (nSPS) is 10.7. The lowest BCUT2D eigenvalue weighted by molar-refractivity contribution is -0.113. The Kier molecular flexibility index (Phi) is 6.71. The van der Waals surface area contributed by atoms with Crippen LogP contribution < -0.4 is 5.32 Å². The van der Waals surface area contributed by atoms with Crippen LogP contribution in [0.1, 0.15) is 17.3 Å². The van der Waals surface area contributed by atoms with Gasteiger partial charge in [-0.2, -0.15) is 0 Å². The van der Waals surface area contributed by atoms with Gasteiger partial charge in [-0.3, -0.25) is 4.79 Å². The average molecular weight is 437 g/mol. The smallest absolute Gasteiger partial charge is 0.341 e. The molecule has 0 aliphatic carbocycles. The molecule has 0 saturated carbocycles. The van der Waals surface area contributed by atoms with Crippen LogP contribution >= 0.6 is 34.7 Å². The lowest BCUT2D eigenvalue weighted by Crippen LogP contribution is -2.16. The van der Waals surface area contributed by atoms with Crippen LogP contribution in [0.3, 0.4) is 0 Å². The fraction of sp³-hybridized carbons (Fsp3) is 0.222. The topological polar surface area (TPSA) is 86.1 Å². The summed E-state index contributed by atoms with van der Waals surface area (Å²) >= 11 is 8.80. The van der Waals surface area contributed by atoms with E-state index in [9.17, 15) is 9.59 Å². The van der Waals surface area contributed by atoms with E-state index in [4.69, 9.17) is 16.3 Å². The van der Waals surface area contributed by atoms with Crippen LogP contribution in [-0.4, -0.2) is 39.0 Å². The van der Waals surface area contributed by atoms with Crippen LogP contribution in [0, 0.1) is 0 Å². The van der Waals surface area contributed by atoms with Crippen LogP contribution in [-0.2, 0) is 16.6 Å². The van der Waals surface area contributed by atoms with Gasteiger partial charge in [-0.25, -0.2) is 4.79 Å². The summed E-state index contributed by atoms with van der Waals surface area (Å²) in [6.07, 6.45) is 1.56. The average Bonchev–Trinajstić information content (AvgIpc) is 3.23. The second-order valence-electron chi connectivity index (χ2n) is 5.60. The Balaban J connectivity index is 1.86. The van der Waals surface area contributed by atoms with Gasteiger partial charge in [0.2, 0.25) is 5.91 Å². The number of amides is 1. The number of nitrogens with zero attached hydrogens (tertiary/aromatic N) is 3. The van der Waals surface area contributed by atoms with Crippen molar-refractivity contribution in [1.29, 1.82) is 0 Å². The Bertz CT molecular complexity index is 988. The number of carbonyl (C=O) groups excluding carboxylic acids is 2. The highest BCUT2D eigenvalue weighted by atomic mass is 35.5. The van der Waals surface area contributed by atoms with E-state index in [-0.39, 0.29) is 23.8 Å². The summed E-state index contributed by atoms with van der Waals surface area (Å²) in [5, 5.41) is 11.5. The zero-order chi connectivity index (χ0) is 20.1. The number of aromatic nitrogens is 3. The minimum absolute atomic E-state index is 0.116. The molecule has 10 heteroatoms. The number of thioether (sulfide) groups is 1. The zero-order valence-electron chi connectivity index (χ0n) is 15.1. The number of hydrogen-bond donors (Lipinski definition) is 1. The zero-order valence-corrected chi connectivity index (χ0v) is 17.5. The highest BCUT2D eigenvalue weighted by molar-refractivity contribution is 7.99. The molecule has 0 spiro atoms. The third kappa shape index (κ3) is 4.54. The summed E-state index contributed by atoms with van der Waals surface area (Å²) in [5.41, 5.74) is 1.60. The van der Waals surface area contributed by atoms with Crippen molar-refractivity contribution in [3.05, 3.63) is 46.6 Å². The molecule has 0 atom stereocenters. The van der Waals surface area contributed by atoms with Gasteiger partial charge in [-0.05, 0) is 12.5 Å². The van der Waals surface area contributed by atoms with Gasteiger partial charge in [0.1, 0.15) is 21.2 Å². The Morgan fingerprint density at radius 3 is 2.71 bits per heavy atom.